The van der Waals surface area contributed by atoms with Crippen molar-refractivity contribution in [2.75, 3.05) is 26.2 Å². The molecule has 0 aromatic heterocycles. The van der Waals surface area contributed by atoms with E-state index < -0.39 is 48.3 Å². The van der Waals surface area contributed by atoms with Gasteiger partial charge in [-0.3, -0.25) is 19.6 Å². The van der Waals surface area contributed by atoms with Crippen LogP contribution < -0.4 is 0 Å². The van der Waals surface area contributed by atoms with E-state index in [4.69, 9.17) is 18.9 Å². The molecule has 0 radical (unpaired) electrons. The van der Waals surface area contributed by atoms with Crippen LogP contribution in [0.5, 0.6) is 0 Å². The zero-order valence-corrected chi connectivity index (χ0v) is 62.0. The van der Waals surface area contributed by atoms with Gasteiger partial charge in [-0.25, -0.2) is 19.2 Å². The summed E-state index contributed by atoms with van der Waals surface area (Å²) in [5.41, 5.74) is -2.84. The standard InChI is InChI=1S/C78H138N4O8/c1-21-25-29-33-37-41-45-79-71(5,6)51-59(52-72(79,7)8)87-67(83)63-49-65(69(85)89-61-55-75(13,14)81(76(15,16)56-61)47-43-39-35-31-27-23-3)66(70(86)90-62-57-77(17,18)82(78(19,20)58-62)48-44-40-36-32-28-24-4)50-64(63)68(84)88-60-53-73(9,10)80(74(11,12)54-60)46-42-38-34-30-26-22-2/h49-50,59-62H,21-48,51-58H2,1-20H3. The average Bonchev–Trinajstić information content (AvgIpc) is 0.799. The van der Waals surface area contributed by atoms with Crippen LogP contribution in [0.3, 0.4) is 0 Å². The fraction of sp³-hybridized carbons (Fsp3) is 0.872. The average molecular weight is 1260 g/mol. The van der Waals surface area contributed by atoms with Crippen molar-refractivity contribution in [3.05, 3.63) is 34.4 Å². The Balaban J connectivity index is 1.57. The third-order valence-corrected chi connectivity index (χ3v) is 21.7. The molecule has 0 spiro atoms. The molecule has 1 aromatic carbocycles. The van der Waals surface area contributed by atoms with Gasteiger partial charge >= 0.3 is 23.9 Å². The van der Waals surface area contributed by atoms with Crippen LogP contribution >= 0.6 is 0 Å². The Hall–Kier alpha value is -3.06. The van der Waals surface area contributed by atoms with Crippen molar-refractivity contribution in [1.82, 2.24) is 19.6 Å². The van der Waals surface area contributed by atoms with Crippen LogP contribution in [-0.4, -0.2) is 138 Å². The van der Waals surface area contributed by atoms with Crippen LogP contribution in [0, 0.1) is 0 Å². The molecule has 4 saturated heterocycles. The summed E-state index contributed by atoms with van der Waals surface area (Å²) in [7, 11) is 0. The van der Waals surface area contributed by atoms with Crippen molar-refractivity contribution in [2.45, 2.75) is 413 Å². The van der Waals surface area contributed by atoms with Crippen LogP contribution in [0.4, 0.5) is 0 Å². The van der Waals surface area contributed by atoms with Crippen LogP contribution in [0.2, 0.25) is 0 Å². The molecule has 12 nitrogen and oxygen atoms in total. The predicted molar refractivity (Wildman–Crippen MR) is 373 cm³/mol. The summed E-state index contributed by atoms with van der Waals surface area (Å²) in [5, 5.41) is 0. The Kier molecular flexibility index (Phi) is 29.4. The molecule has 4 aliphatic rings. The highest BCUT2D eigenvalue weighted by molar-refractivity contribution is 6.10. The fourth-order valence-corrected chi connectivity index (χ4v) is 18.0. The van der Waals surface area contributed by atoms with Crippen LogP contribution in [0.15, 0.2) is 12.1 Å². The SMILES string of the molecule is CCCCCCCCN1C(C)(C)CC(OC(=O)c2cc(C(=O)OC3CC(C)(C)N(CCCCCCCC)C(C)(C)C3)c(C(=O)OC3CC(C)(C)N(CCCCCCCC)C(C)(C)C3)cc2C(=O)OC2CC(C)(C)N(CCCCCCCC)C(C)(C)C2)CC1(C)C. The maximum atomic E-state index is 15.5. The zero-order chi connectivity index (χ0) is 66.9. The highest BCUT2D eigenvalue weighted by atomic mass is 16.6. The molecule has 4 aliphatic heterocycles. The van der Waals surface area contributed by atoms with E-state index in [1.165, 1.54) is 141 Å². The van der Waals surface area contributed by atoms with Crippen LogP contribution in [0.1, 0.15) is 385 Å². The number of carbonyl (C=O) groups excluding carboxylic acids is 4. The van der Waals surface area contributed by atoms with Crippen molar-refractivity contribution in [1.29, 1.82) is 0 Å². The van der Waals surface area contributed by atoms with Crippen molar-refractivity contribution in [3.63, 3.8) is 0 Å². The number of hydrogen-bond donors (Lipinski definition) is 0. The number of likely N-dealkylation sites (tertiary alicyclic amines) is 4. The van der Waals surface area contributed by atoms with Crippen molar-refractivity contribution in [3.8, 4) is 0 Å². The smallest absolute Gasteiger partial charge is 0.339 e. The first kappa shape index (κ1) is 77.6. The van der Waals surface area contributed by atoms with Crippen LogP contribution in [0.25, 0.3) is 0 Å². The predicted octanol–water partition coefficient (Wildman–Crippen LogP) is 19.8. The third kappa shape index (κ3) is 22.0. The summed E-state index contributed by atoms with van der Waals surface area (Å²) in [5.74, 6) is -2.90. The largest absolute Gasteiger partial charge is 0.459 e. The Morgan fingerprint density at radius 2 is 0.422 bits per heavy atom. The third-order valence-electron chi connectivity index (χ3n) is 21.7. The first-order chi connectivity index (χ1) is 42.1. The molecule has 90 heavy (non-hydrogen) atoms. The lowest BCUT2D eigenvalue weighted by molar-refractivity contribution is -0.0896. The summed E-state index contributed by atoms with van der Waals surface area (Å²) < 4.78 is 26.7. The number of esters is 4. The molecule has 0 N–H and O–H groups in total. The van der Waals surface area contributed by atoms with E-state index in [0.29, 0.717) is 51.4 Å². The summed E-state index contributed by atoms with van der Waals surface area (Å²) in [4.78, 5) is 72.3. The topological polar surface area (TPSA) is 118 Å². The molecule has 1 aromatic rings. The van der Waals surface area contributed by atoms with Crippen molar-refractivity contribution >= 4 is 23.9 Å². The second kappa shape index (κ2) is 34.1. The number of nitrogens with zero attached hydrogens (tertiary/aromatic N) is 4. The summed E-state index contributed by atoms with van der Waals surface area (Å²) in [6, 6.07) is 2.83. The highest BCUT2D eigenvalue weighted by Crippen LogP contribution is 2.45. The van der Waals surface area contributed by atoms with Gasteiger partial charge in [0, 0.05) is 95.7 Å². The van der Waals surface area contributed by atoms with Gasteiger partial charge in [-0.2, -0.15) is 0 Å². The molecular formula is C78H138N4O8. The van der Waals surface area contributed by atoms with Gasteiger partial charge in [0.2, 0.25) is 0 Å². The van der Waals surface area contributed by atoms with E-state index in [1.807, 2.05) is 0 Å². The molecule has 0 amide bonds. The summed E-state index contributed by atoms with van der Waals surface area (Å²) >= 11 is 0. The molecule has 12 heteroatoms. The minimum atomic E-state index is -0.724. The van der Waals surface area contributed by atoms with E-state index in [-0.39, 0.29) is 66.6 Å². The normalized spacial score (nSPS) is 22.1. The first-order valence-electron chi connectivity index (χ1n) is 37.2. The monoisotopic (exact) mass is 1260 g/mol. The minimum Gasteiger partial charge on any atom is -0.459 e. The first-order valence-corrected chi connectivity index (χ1v) is 37.2. The lowest BCUT2D eigenvalue weighted by atomic mass is 9.77. The minimum absolute atomic E-state index is 0.104. The maximum absolute atomic E-state index is 15.5. The van der Waals surface area contributed by atoms with Gasteiger partial charge in [-0.15, -0.1) is 0 Å². The number of carbonyl (C=O) groups is 4. The number of unbranched alkanes of at least 4 members (excludes halogenated alkanes) is 20. The Bertz CT molecular complexity index is 2010. The second-order valence-corrected chi connectivity index (χ2v) is 33.9. The molecule has 0 saturated carbocycles. The van der Waals surface area contributed by atoms with Gasteiger partial charge in [0.15, 0.2) is 0 Å². The summed E-state index contributed by atoms with van der Waals surface area (Å²) in [6.45, 7) is 48.7. The van der Waals surface area contributed by atoms with Crippen molar-refractivity contribution in [2.24, 2.45) is 0 Å². The van der Waals surface area contributed by atoms with E-state index >= 15 is 19.2 Å². The van der Waals surface area contributed by atoms with E-state index in [1.54, 1.807) is 0 Å². The van der Waals surface area contributed by atoms with Crippen molar-refractivity contribution < 1.29 is 38.1 Å². The van der Waals surface area contributed by atoms with Gasteiger partial charge < -0.3 is 18.9 Å². The lowest BCUT2D eigenvalue weighted by Gasteiger charge is -2.55. The fourth-order valence-electron chi connectivity index (χ4n) is 18.0. The molecule has 4 heterocycles. The number of piperidine rings is 4. The molecule has 0 bridgehead atoms. The lowest BCUT2D eigenvalue weighted by Crippen LogP contribution is -2.62. The van der Waals surface area contributed by atoms with Gasteiger partial charge in [-0.1, -0.05) is 156 Å². The number of rotatable bonds is 36. The Morgan fingerprint density at radius 1 is 0.278 bits per heavy atom. The van der Waals surface area contributed by atoms with E-state index in [0.717, 1.165) is 51.9 Å². The molecular weight excluding hydrogens is 1120 g/mol. The quantitative estimate of drug-likeness (QED) is 0.0362. The van der Waals surface area contributed by atoms with Gasteiger partial charge in [0.1, 0.15) is 24.4 Å². The Morgan fingerprint density at radius 3 is 0.578 bits per heavy atom. The molecule has 0 atom stereocenters. The summed E-state index contributed by atoms with van der Waals surface area (Å²) in [6.07, 6.45) is 31.8. The highest BCUT2D eigenvalue weighted by Gasteiger charge is 2.51. The van der Waals surface area contributed by atoms with Gasteiger partial charge in [0.05, 0.1) is 22.3 Å². The van der Waals surface area contributed by atoms with Crippen LogP contribution in [-0.2, 0) is 18.9 Å². The van der Waals surface area contributed by atoms with E-state index in [9.17, 15) is 0 Å². The molecule has 0 unspecified atom stereocenters. The number of benzene rings is 1. The molecule has 4 fully saturated rings. The van der Waals surface area contributed by atoms with Gasteiger partial charge in [0.25, 0.3) is 0 Å². The van der Waals surface area contributed by atoms with Gasteiger partial charge in [-0.05, 0) is 175 Å². The molecule has 0 aliphatic carbocycles. The second-order valence-electron chi connectivity index (χ2n) is 33.9. The molecule has 518 valence electrons. The zero-order valence-electron chi connectivity index (χ0n) is 62.0. The number of hydrogen-bond acceptors (Lipinski definition) is 12. The van der Waals surface area contributed by atoms with E-state index in [2.05, 4.69) is 158 Å². The molecule has 5 rings (SSSR count). The Labute approximate surface area is 552 Å². The number of ether oxygens (including phenoxy) is 4. The maximum Gasteiger partial charge on any atom is 0.339 e.